The lowest BCUT2D eigenvalue weighted by Gasteiger charge is -2.21. The number of thioether (sulfide) groups is 1. The van der Waals surface area contributed by atoms with E-state index in [0.29, 0.717) is 5.69 Å². The monoisotopic (exact) mass is 439 g/mol. The lowest BCUT2D eigenvalue weighted by atomic mass is 10.2. The van der Waals surface area contributed by atoms with Crippen LogP contribution in [0.2, 0.25) is 5.02 Å². The molecule has 0 saturated carbocycles. The van der Waals surface area contributed by atoms with Crippen molar-refractivity contribution in [3.63, 3.8) is 0 Å². The van der Waals surface area contributed by atoms with Crippen LogP contribution in [0, 0.1) is 11.3 Å². The quantitative estimate of drug-likeness (QED) is 0.531. The zero-order valence-corrected chi connectivity index (χ0v) is 16.3. The predicted octanol–water partition coefficient (Wildman–Crippen LogP) is 4.44. The van der Waals surface area contributed by atoms with Crippen LogP contribution in [-0.2, 0) is 11.0 Å². The van der Waals surface area contributed by atoms with E-state index in [2.05, 4.69) is 10.2 Å². The molecule has 0 N–H and O–H groups in total. The minimum atomic E-state index is -4.58. The molecule has 0 aliphatic carbocycles. The molecule has 0 unspecified atom stereocenters. The second-order valence-corrected chi connectivity index (χ2v) is 7.18. The molecule has 11 heteroatoms. The maximum Gasteiger partial charge on any atom is 0.417 e. The van der Waals surface area contributed by atoms with E-state index in [4.69, 9.17) is 16.9 Å². The van der Waals surface area contributed by atoms with Crippen molar-refractivity contribution in [2.75, 3.05) is 17.2 Å². The normalized spacial score (nSPS) is 11.4. The number of para-hydroxylation sites is 1. The molecule has 0 atom stereocenters. The van der Waals surface area contributed by atoms with E-state index in [9.17, 15) is 18.0 Å². The number of carbonyl (C=O) groups is 1. The maximum absolute atomic E-state index is 13.1. The minimum Gasteiger partial charge on any atom is -0.311 e. The molecule has 3 rings (SSSR count). The molecular formula is C18H13ClF3N5OS. The van der Waals surface area contributed by atoms with Gasteiger partial charge in [0.15, 0.2) is 10.8 Å². The Labute approximate surface area is 172 Å². The topological polar surface area (TPSA) is 74.3 Å². The van der Waals surface area contributed by atoms with Crippen molar-refractivity contribution in [2.24, 2.45) is 0 Å². The van der Waals surface area contributed by atoms with Crippen LogP contribution in [-0.4, -0.2) is 32.8 Å². The fraction of sp³-hybridized carbons (Fsp3) is 0.222. The van der Waals surface area contributed by atoms with Gasteiger partial charge in [0.1, 0.15) is 0 Å². The summed E-state index contributed by atoms with van der Waals surface area (Å²) in [6.07, 6.45) is -3.59. The summed E-state index contributed by atoms with van der Waals surface area (Å²) in [6.45, 7) is 0.199. The zero-order chi connectivity index (χ0) is 21.0. The van der Waals surface area contributed by atoms with Gasteiger partial charge < -0.3 is 4.90 Å². The van der Waals surface area contributed by atoms with Crippen LogP contribution in [0.3, 0.4) is 0 Å². The number of alkyl halides is 3. The van der Waals surface area contributed by atoms with Crippen LogP contribution in [0.1, 0.15) is 12.0 Å². The number of nitrogens with zero attached hydrogens (tertiary/aromatic N) is 5. The van der Waals surface area contributed by atoms with Crippen molar-refractivity contribution in [3.05, 3.63) is 53.2 Å². The van der Waals surface area contributed by atoms with Crippen molar-refractivity contribution >= 4 is 40.6 Å². The minimum absolute atomic E-state index is 0.0685. The van der Waals surface area contributed by atoms with Gasteiger partial charge in [-0.2, -0.15) is 18.4 Å². The lowest BCUT2D eigenvalue weighted by molar-refractivity contribution is -0.137. The Hall–Kier alpha value is -2.77. The number of halogens is 4. The molecule has 150 valence electrons. The van der Waals surface area contributed by atoms with Gasteiger partial charge in [-0.25, -0.2) is 0 Å². The van der Waals surface area contributed by atoms with Crippen molar-refractivity contribution in [1.82, 2.24) is 14.6 Å². The Morgan fingerprint density at radius 2 is 2.00 bits per heavy atom. The Morgan fingerprint density at radius 1 is 1.28 bits per heavy atom. The number of anilines is 1. The number of rotatable bonds is 6. The molecule has 0 aliphatic heterocycles. The van der Waals surface area contributed by atoms with Gasteiger partial charge in [0.25, 0.3) is 0 Å². The summed E-state index contributed by atoms with van der Waals surface area (Å²) < 4.78 is 40.3. The van der Waals surface area contributed by atoms with E-state index in [1.807, 2.05) is 6.07 Å². The van der Waals surface area contributed by atoms with Gasteiger partial charge in [0, 0.05) is 18.4 Å². The molecule has 1 amide bonds. The van der Waals surface area contributed by atoms with Gasteiger partial charge in [-0.3, -0.25) is 9.20 Å². The van der Waals surface area contributed by atoms with E-state index >= 15 is 0 Å². The smallest absolute Gasteiger partial charge is 0.311 e. The largest absolute Gasteiger partial charge is 0.417 e. The third kappa shape index (κ3) is 4.81. The van der Waals surface area contributed by atoms with Crippen LogP contribution in [0.25, 0.3) is 5.65 Å². The van der Waals surface area contributed by atoms with Crippen molar-refractivity contribution in [1.29, 1.82) is 5.26 Å². The fourth-order valence-electron chi connectivity index (χ4n) is 2.56. The number of benzene rings is 1. The van der Waals surface area contributed by atoms with E-state index in [0.717, 1.165) is 28.4 Å². The Kier molecular flexibility index (Phi) is 6.30. The number of hydrogen-bond donors (Lipinski definition) is 0. The fourth-order valence-corrected chi connectivity index (χ4v) is 3.59. The highest BCUT2D eigenvalue weighted by Gasteiger charge is 2.32. The summed E-state index contributed by atoms with van der Waals surface area (Å²) >= 11 is 6.83. The van der Waals surface area contributed by atoms with Crippen LogP contribution in [0.15, 0.2) is 47.8 Å². The molecule has 6 nitrogen and oxygen atoms in total. The first-order valence-corrected chi connectivity index (χ1v) is 9.64. The highest BCUT2D eigenvalue weighted by atomic mass is 35.5. The van der Waals surface area contributed by atoms with Gasteiger partial charge in [0.05, 0.1) is 28.8 Å². The van der Waals surface area contributed by atoms with E-state index in [1.54, 1.807) is 30.3 Å². The van der Waals surface area contributed by atoms with Crippen molar-refractivity contribution in [3.8, 4) is 6.07 Å². The Morgan fingerprint density at radius 3 is 2.66 bits per heavy atom. The zero-order valence-electron chi connectivity index (χ0n) is 14.7. The predicted molar refractivity (Wildman–Crippen MR) is 103 cm³/mol. The second kappa shape index (κ2) is 8.71. The van der Waals surface area contributed by atoms with E-state index in [1.165, 1.54) is 4.90 Å². The third-order valence-electron chi connectivity index (χ3n) is 3.90. The average Bonchev–Trinajstić information content (AvgIpc) is 3.10. The number of fused-ring (bicyclic) bond motifs is 1. The first-order chi connectivity index (χ1) is 13.8. The number of amides is 1. The molecule has 2 aromatic heterocycles. The SMILES string of the molecule is N#CCCN(C(=O)CSc1nnc2c(Cl)cc(C(F)(F)F)cn12)c1ccccc1. The molecule has 0 radical (unpaired) electrons. The average molecular weight is 440 g/mol. The number of carbonyl (C=O) groups excluding carboxylic acids is 1. The third-order valence-corrected chi connectivity index (χ3v) is 5.10. The van der Waals surface area contributed by atoms with Gasteiger partial charge in [0.2, 0.25) is 5.91 Å². The van der Waals surface area contributed by atoms with E-state index in [-0.39, 0.29) is 40.5 Å². The summed E-state index contributed by atoms with van der Waals surface area (Å²) in [5, 5.41) is 16.4. The summed E-state index contributed by atoms with van der Waals surface area (Å²) in [5.74, 6) is -0.416. The number of aromatic nitrogens is 3. The van der Waals surface area contributed by atoms with E-state index < -0.39 is 11.7 Å². The van der Waals surface area contributed by atoms with Crippen molar-refractivity contribution < 1.29 is 18.0 Å². The molecule has 29 heavy (non-hydrogen) atoms. The first-order valence-electron chi connectivity index (χ1n) is 8.28. The maximum atomic E-state index is 13.1. The summed E-state index contributed by atoms with van der Waals surface area (Å²) in [7, 11) is 0. The number of hydrogen-bond acceptors (Lipinski definition) is 5. The Bertz CT molecular complexity index is 1070. The molecular weight excluding hydrogens is 427 g/mol. The van der Waals surface area contributed by atoms with Crippen LogP contribution in [0.4, 0.5) is 18.9 Å². The second-order valence-electron chi connectivity index (χ2n) is 5.83. The van der Waals surface area contributed by atoms with Gasteiger partial charge >= 0.3 is 6.18 Å². The number of pyridine rings is 1. The molecule has 0 aliphatic rings. The molecule has 2 heterocycles. The molecule has 0 saturated heterocycles. The molecule has 0 bridgehead atoms. The molecule has 0 fully saturated rings. The molecule has 1 aromatic carbocycles. The standard InChI is InChI=1S/C18H13ClF3N5OS/c19-14-9-12(18(20,21)22)10-27-16(14)24-25-17(27)29-11-15(28)26(8-4-7-23)13-5-2-1-3-6-13/h1-3,5-6,9-10H,4,8,11H2. The summed E-state index contributed by atoms with van der Waals surface area (Å²) in [4.78, 5) is 14.2. The Balaban J connectivity index is 1.82. The lowest BCUT2D eigenvalue weighted by Crippen LogP contribution is -2.33. The van der Waals surface area contributed by atoms with Crippen LogP contribution >= 0.6 is 23.4 Å². The number of nitriles is 1. The van der Waals surface area contributed by atoms with Gasteiger partial charge in [-0.15, -0.1) is 10.2 Å². The van der Waals surface area contributed by atoms with Crippen LogP contribution in [0.5, 0.6) is 0 Å². The highest BCUT2D eigenvalue weighted by molar-refractivity contribution is 7.99. The molecule has 3 aromatic rings. The first kappa shape index (κ1) is 21.0. The van der Waals surface area contributed by atoms with Gasteiger partial charge in [-0.1, -0.05) is 41.6 Å². The van der Waals surface area contributed by atoms with Crippen LogP contribution < -0.4 is 4.90 Å². The summed E-state index contributed by atoms with van der Waals surface area (Å²) in [6, 6.07) is 11.6. The van der Waals surface area contributed by atoms with Crippen molar-refractivity contribution in [2.45, 2.75) is 17.8 Å². The van der Waals surface area contributed by atoms with Gasteiger partial charge in [-0.05, 0) is 18.2 Å². The summed E-state index contributed by atoms with van der Waals surface area (Å²) in [5.41, 5.74) is -0.247. The highest BCUT2D eigenvalue weighted by Crippen LogP contribution is 2.33. The molecule has 0 spiro atoms.